The fourth-order valence-corrected chi connectivity index (χ4v) is 1.43. The number of nitrogens with zero attached hydrogens (tertiary/aromatic N) is 3. The lowest BCUT2D eigenvalue weighted by molar-refractivity contribution is 0.424. The van der Waals surface area contributed by atoms with E-state index in [1.165, 1.54) is 6.20 Å². The van der Waals surface area contributed by atoms with E-state index in [2.05, 4.69) is 15.1 Å². The van der Waals surface area contributed by atoms with Gasteiger partial charge >= 0.3 is 0 Å². The molecular formula is C8H5Cl2N3O. The Kier molecular flexibility index (Phi) is 2.39. The van der Waals surface area contributed by atoms with Gasteiger partial charge in [-0.25, -0.2) is 4.98 Å². The van der Waals surface area contributed by atoms with E-state index in [1.54, 1.807) is 13.0 Å². The van der Waals surface area contributed by atoms with Crippen LogP contribution in [0.1, 0.15) is 5.82 Å². The number of rotatable bonds is 1. The minimum absolute atomic E-state index is 0.296. The number of aromatic nitrogens is 3. The maximum atomic E-state index is 5.90. The van der Waals surface area contributed by atoms with Gasteiger partial charge in [-0.2, -0.15) is 4.98 Å². The summed E-state index contributed by atoms with van der Waals surface area (Å²) in [4.78, 5) is 8.00. The van der Waals surface area contributed by atoms with Crippen LogP contribution in [0.4, 0.5) is 0 Å². The predicted molar refractivity (Wildman–Crippen MR) is 52.3 cm³/mol. The van der Waals surface area contributed by atoms with Crippen molar-refractivity contribution in [3.05, 3.63) is 28.1 Å². The van der Waals surface area contributed by atoms with E-state index in [4.69, 9.17) is 27.7 Å². The zero-order chi connectivity index (χ0) is 10.1. The molecule has 14 heavy (non-hydrogen) atoms. The molecule has 0 N–H and O–H groups in total. The Bertz CT molecular complexity index is 469. The Labute approximate surface area is 89.9 Å². The molecule has 0 unspecified atom stereocenters. The highest BCUT2D eigenvalue weighted by atomic mass is 35.5. The number of pyridine rings is 1. The van der Waals surface area contributed by atoms with Crippen LogP contribution < -0.4 is 0 Å². The third-order valence-electron chi connectivity index (χ3n) is 1.54. The molecule has 0 saturated heterocycles. The van der Waals surface area contributed by atoms with E-state index in [1.807, 2.05) is 0 Å². The van der Waals surface area contributed by atoms with Crippen LogP contribution in [0.25, 0.3) is 11.6 Å². The lowest BCUT2D eigenvalue weighted by atomic mass is 10.3. The molecule has 0 spiro atoms. The van der Waals surface area contributed by atoms with E-state index in [9.17, 15) is 0 Å². The molecule has 2 rings (SSSR count). The molecule has 0 saturated carbocycles. The summed E-state index contributed by atoms with van der Waals surface area (Å²) in [7, 11) is 0. The molecule has 6 heteroatoms. The molecule has 0 aliphatic heterocycles. The van der Waals surface area contributed by atoms with Crippen molar-refractivity contribution in [2.45, 2.75) is 6.92 Å². The molecule has 0 aliphatic carbocycles. The minimum Gasteiger partial charge on any atom is -0.332 e. The fraction of sp³-hybridized carbons (Fsp3) is 0.125. The quantitative estimate of drug-likeness (QED) is 0.755. The maximum Gasteiger partial charge on any atom is 0.278 e. The van der Waals surface area contributed by atoms with Gasteiger partial charge in [0.25, 0.3) is 5.89 Å². The molecule has 2 aromatic heterocycles. The van der Waals surface area contributed by atoms with E-state index < -0.39 is 0 Å². The van der Waals surface area contributed by atoms with Crippen molar-refractivity contribution < 1.29 is 4.52 Å². The topological polar surface area (TPSA) is 51.8 Å². The predicted octanol–water partition coefficient (Wildman–Crippen LogP) is 2.75. The van der Waals surface area contributed by atoms with Gasteiger partial charge in [0.2, 0.25) is 0 Å². The highest BCUT2D eigenvalue weighted by molar-refractivity contribution is 6.35. The minimum atomic E-state index is 0.296. The molecule has 0 radical (unpaired) electrons. The molecular weight excluding hydrogens is 225 g/mol. The third kappa shape index (κ3) is 1.71. The molecule has 0 atom stereocenters. The van der Waals surface area contributed by atoms with Crippen molar-refractivity contribution in [3.63, 3.8) is 0 Å². The number of hydrogen-bond donors (Lipinski definition) is 0. The SMILES string of the molecule is Cc1noc(-c2ncc(Cl)cc2Cl)n1. The first kappa shape index (κ1) is 9.43. The number of aryl methyl sites for hydroxylation is 1. The lowest BCUT2D eigenvalue weighted by Crippen LogP contribution is -1.85. The van der Waals surface area contributed by atoms with Gasteiger partial charge in [0.1, 0.15) is 5.69 Å². The molecule has 2 heterocycles. The van der Waals surface area contributed by atoms with E-state index >= 15 is 0 Å². The van der Waals surface area contributed by atoms with Gasteiger partial charge in [0.15, 0.2) is 5.82 Å². The van der Waals surface area contributed by atoms with Crippen LogP contribution in [-0.2, 0) is 0 Å². The van der Waals surface area contributed by atoms with Crippen LogP contribution in [0.15, 0.2) is 16.8 Å². The Balaban J connectivity index is 2.52. The molecule has 0 aliphatic rings. The van der Waals surface area contributed by atoms with Crippen molar-refractivity contribution in [1.82, 2.24) is 15.1 Å². The van der Waals surface area contributed by atoms with Crippen LogP contribution in [0.3, 0.4) is 0 Å². The third-order valence-corrected chi connectivity index (χ3v) is 2.03. The Morgan fingerprint density at radius 3 is 2.71 bits per heavy atom. The summed E-state index contributed by atoms with van der Waals surface area (Å²) in [5.74, 6) is 0.831. The summed E-state index contributed by atoms with van der Waals surface area (Å²) in [5, 5.41) is 4.50. The van der Waals surface area contributed by atoms with Crippen LogP contribution in [0, 0.1) is 6.92 Å². The Morgan fingerprint density at radius 1 is 1.36 bits per heavy atom. The summed E-state index contributed by atoms with van der Waals surface area (Å²) in [6.07, 6.45) is 1.47. The lowest BCUT2D eigenvalue weighted by Gasteiger charge is -1.96. The molecule has 4 nitrogen and oxygen atoms in total. The Hall–Kier alpha value is -1.13. The van der Waals surface area contributed by atoms with Gasteiger partial charge in [0, 0.05) is 6.20 Å². The van der Waals surface area contributed by atoms with Crippen molar-refractivity contribution in [2.24, 2.45) is 0 Å². The van der Waals surface area contributed by atoms with Crippen LogP contribution in [-0.4, -0.2) is 15.1 Å². The van der Waals surface area contributed by atoms with Crippen LogP contribution in [0.5, 0.6) is 0 Å². The second-order valence-corrected chi connectivity index (χ2v) is 3.47. The van der Waals surface area contributed by atoms with Crippen molar-refractivity contribution in [2.75, 3.05) is 0 Å². The maximum absolute atomic E-state index is 5.90. The van der Waals surface area contributed by atoms with Gasteiger partial charge in [-0.05, 0) is 13.0 Å². The largest absolute Gasteiger partial charge is 0.332 e. The molecule has 0 amide bonds. The first-order valence-corrected chi connectivity index (χ1v) is 4.54. The van der Waals surface area contributed by atoms with Gasteiger partial charge in [0.05, 0.1) is 10.0 Å². The molecule has 0 aromatic carbocycles. The second kappa shape index (κ2) is 3.55. The summed E-state index contributed by atoms with van der Waals surface area (Å²) in [6, 6.07) is 1.57. The molecule has 72 valence electrons. The summed E-state index contributed by atoms with van der Waals surface area (Å²) in [6.45, 7) is 1.72. The zero-order valence-electron chi connectivity index (χ0n) is 7.16. The standard InChI is InChI=1S/C8H5Cl2N3O/c1-4-12-8(14-13-4)7-6(10)2-5(9)3-11-7/h2-3H,1H3. The average Bonchev–Trinajstić information content (AvgIpc) is 2.51. The van der Waals surface area contributed by atoms with Gasteiger partial charge in [-0.1, -0.05) is 28.4 Å². The molecule has 0 bridgehead atoms. The molecule has 0 fully saturated rings. The summed E-state index contributed by atoms with van der Waals surface area (Å²) < 4.78 is 4.92. The Morgan fingerprint density at radius 2 is 2.14 bits per heavy atom. The zero-order valence-corrected chi connectivity index (χ0v) is 8.67. The highest BCUT2D eigenvalue weighted by Crippen LogP contribution is 2.26. The fourth-order valence-electron chi connectivity index (χ4n) is 0.965. The smallest absolute Gasteiger partial charge is 0.278 e. The normalized spacial score (nSPS) is 10.5. The van der Waals surface area contributed by atoms with E-state index in [0.717, 1.165) is 0 Å². The van der Waals surface area contributed by atoms with E-state index in [-0.39, 0.29) is 0 Å². The van der Waals surface area contributed by atoms with Crippen LogP contribution in [0.2, 0.25) is 10.0 Å². The van der Waals surface area contributed by atoms with Crippen molar-refractivity contribution in [1.29, 1.82) is 0 Å². The number of halogens is 2. The summed E-state index contributed by atoms with van der Waals surface area (Å²) in [5.41, 5.74) is 0.441. The first-order chi connectivity index (χ1) is 6.66. The van der Waals surface area contributed by atoms with Crippen molar-refractivity contribution in [3.8, 4) is 11.6 Å². The van der Waals surface area contributed by atoms with Crippen molar-refractivity contribution >= 4 is 23.2 Å². The van der Waals surface area contributed by atoms with Gasteiger partial charge < -0.3 is 4.52 Å². The van der Waals surface area contributed by atoms with Crippen LogP contribution >= 0.6 is 23.2 Å². The monoisotopic (exact) mass is 229 g/mol. The summed E-state index contributed by atoms with van der Waals surface area (Å²) >= 11 is 11.6. The van der Waals surface area contributed by atoms with Gasteiger partial charge in [-0.3, -0.25) is 0 Å². The first-order valence-electron chi connectivity index (χ1n) is 3.78. The number of hydrogen-bond acceptors (Lipinski definition) is 4. The second-order valence-electron chi connectivity index (χ2n) is 2.63. The van der Waals surface area contributed by atoms with Gasteiger partial charge in [-0.15, -0.1) is 0 Å². The average molecular weight is 230 g/mol. The van der Waals surface area contributed by atoms with E-state index in [0.29, 0.717) is 27.5 Å². The molecule has 2 aromatic rings. The highest BCUT2D eigenvalue weighted by Gasteiger charge is 2.12.